The van der Waals surface area contributed by atoms with Crippen molar-refractivity contribution in [2.45, 2.75) is 6.92 Å². The van der Waals surface area contributed by atoms with Gasteiger partial charge in [-0.25, -0.2) is 0 Å². The number of nitro benzene ring substituents is 1. The fraction of sp³-hybridized carbons (Fsp3) is 0.100. The van der Waals surface area contributed by atoms with E-state index in [-0.39, 0.29) is 5.69 Å². The maximum atomic E-state index is 10.8. The highest BCUT2D eigenvalue weighted by molar-refractivity contribution is 5.73. The zero-order valence-corrected chi connectivity index (χ0v) is 8.60. The Balaban J connectivity index is 2.56. The molecule has 1 aromatic heterocycles. The lowest BCUT2D eigenvalue weighted by Crippen LogP contribution is -1.93. The number of nitro groups is 1. The van der Waals surface area contributed by atoms with Crippen LogP contribution < -0.4 is 5.73 Å². The minimum Gasteiger partial charge on any atom is -0.396 e. The first-order valence-corrected chi connectivity index (χ1v) is 4.64. The minimum absolute atomic E-state index is 0.0755. The zero-order valence-electron chi connectivity index (χ0n) is 8.60. The first-order chi connectivity index (χ1) is 7.59. The van der Waals surface area contributed by atoms with Crippen molar-refractivity contribution in [3.8, 4) is 11.3 Å². The third-order valence-electron chi connectivity index (χ3n) is 2.36. The van der Waals surface area contributed by atoms with Crippen molar-refractivity contribution in [3.63, 3.8) is 0 Å². The lowest BCUT2D eigenvalue weighted by Gasteiger charge is -2.01. The summed E-state index contributed by atoms with van der Waals surface area (Å²) >= 11 is 0. The van der Waals surface area contributed by atoms with Crippen LogP contribution in [0.1, 0.15) is 5.56 Å². The fourth-order valence-electron chi connectivity index (χ4n) is 1.49. The molecule has 16 heavy (non-hydrogen) atoms. The van der Waals surface area contributed by atoms with Crippen LogP contribution in [0.3, 0.4) is 0 Å². The van der Waals surface area contributed by atoms with Crippen molar-refractivity contribution in [1.29, 1.82) is 0 Å². The predicted molar refractivity (Wildman–Crippen MR) is 59.8 cm³/mol. The Labute approximate surface area is 91.2 Å². The van der Waals surface area contributed by atoms with Crippen LogP contribution in [0.5, 0.6) is 0 Å². The molecule has 0 saturated carbocycles. The molecule has 0 saturated heterocycles. The van der Waals surface area contributed by atoms with Gasteiger partial charge in [-0.15, -0.1) is 0 Å². The van der Waals surface area contributed by atoms with Crippen molar-refractivity contribution in [3.05, 3.63) is 40.1 Å². The molecule has 0 spiro atoms. The van der Waals surface area contributed by atoms with Crippen LogP contribution in [-0.4, -0.2) is 15.1 Å². The monoisotopic (exact) mass is 218 g/mol. The molecule has 0 atom stereocenters. The number of aromatic amines is 1. The van der Waals surface area contributed by atoms with Gasteiger partial charge in [0.25, 0.3) is 5.69 Å². The molecular formula is C10H10N4O2. The molecule has 0 aliphatic carbocycles. The summed E-state index contributed by atoms with van der Waals surface area (Å²) in [4.78, 5) is 10.4. The van der Waals surface area contributed by atoms with Crippen molar-refractivity contribution in [2.75, 3.05) is 5.73 Å². The number of nitrogens with zero attached hydrogens (tertiary/aromatic N) is 2. The number of nitrogens with one attached hydrogen (secondary N) is 1. The largest absolute Gasteiger partial charge is 0.396 e. The quantitative estimate of drug-likeness (QED) is 0.593. The smallest absolute Gasteiger partial charge is 0.272 e. The first-order valence-electron chi connectivity index (χ1n) is 4.64. The molecule has 0 unspecified atom stereocenters. The highest BCUT2D eigenvalue weighted by Crippen LogP contribution is 2.28. The number of nitrogens with two attached hydrogens (primary N) is 1. The average Bonchev–Trinajstić information content (AvgIpc) is 2.65. The topological polar surface area (TPSA) is 97.8 Å². The molecule has 0 bridgehead atoms. The SMILES string of the molecule is Cc1ccc(-c2[nH]ncc2N)cc1[N+](=O)[O-]. The van der Waals surface area contributed by atoms with Gasteiger partial charge in [0.2, 0.25) is 0 Å². The maximum Gasteiger partial charge on any atom is 0.272 e. The van der Waals surface area contributed by atoms with Gasteiger partial charge in [0, 0.05) is 17.2 Å². The van der Waals surface area contributed by atoms with Crippen molar-refractivity contribution in [1.82, 2.24) is 10.2 Å². The van der Waals surface area contributed by atoms with Crippen LogP contribution in [0.4, 0.5) is 11.4 Å². The van der Waals surface area contributed by atoms with E-state index in [4.69, 9.17) is 5.73 Å². The standard InChI is InChI=1S/C10H10N4O2/c1-6-2-3-7(4-9(6)14(15)16)10-8(11)5-12-13-10/h2-5H,11H2,1H3,(H,12,13). The molecule has 0 radical (unpaired) electrons. The van der Waals surface area contributed by atoms with Crippen LogP contribution in [0, 0.1) is 17.0 Å². The van der Waals surface area contributed by atoms with E-state index in [1.54, 1.807) is 19.1 Å². The van der Waals surface area contributed by atoms with E-state index in [0.29, 0.717) is 22.5 Å². The molecule has 0 fully saturated rings. The number of hydrogen-bond donors (Lipinski definition) is 2. The molecule has 1 heterocycles. The Kier molecular flexibility index (Phi) is 2.32. The van der Waals surface area contributed by atoms with Gasteiger partial charge >= 0.3 is 0 Å². The van der Waals surface area contributed by atoms with Gasteiger partial charge in [-0.05, 0) is 6.92 Å². The van der Waals surface area contributed by atoms with Crippen molar-refractivity contribution >= 4 is 11.4 Å². The molecule has 82 valence electrons. The normalized spacial score (nSPS) is 10.3. The minimum atomic E-state index is -0.411. The van der Waals surface area contributed by atoms with Crippen LogP contribution >= 0.6 is 0 Å². The van der Waals surface area contributed by atoms with Crippen LogP contribution in [0.25, 0.3) is 11.3 Å². The molecule has 6 heteroatoms. The molecule has 2 aromatic rings. The van der Waals surface area contributed by atoms with Crippen LogP contribution in [-0.2, 0) is 0 Å². The number of aryl methyl sites for hydroxylation is 1. The molecule has 0 amide bonds. The summed E-state index contributed by atoms with van der Waals surface area (Å²) in [7, 11) is 0. The van der Waals surface area contributed by atoms with Gasteiger partial charge in [-0.3, -0.25) is 15.2 Å². The second-order valence-electron chi connectivity index (χ2n) is 3.46. The average molecular weight is 218 g/mol. The van der Waals surface area contributed by atoms with E-state index in [0.717, 1.165) is 0 Å². The number of nitrogen functional groups attached to an aromatic ring is 1. The van der Waals surface area contributed by atoms with E-state index in [2.05, 4.69) is 10.2 Å². The first kappa shape index (κ1) is 10.2. The Hall–Kier alpha value is -2.37. The van der Waals surface area contributed by atoms with E-state index in [9.17, 15) is 10.1 Å². The number of aromatic nitrogens is 2. The summed E-state index contributed by atoms with van der Waals surface area (Å²) in [6, 6.07) is 4.94. The number of rotatable bonds is 2. The molecule has 0 aliphatic rings. The molecule has 3 N–H and O–H groups in total. The van der Waals surface area contributed by atoms with Gasteiger partial charge in [-0.1, -0.05) is 12.1 Å². The summed E-state index contributed by atoms with van der Waals surface area (Å²) in [5, 5.41) is 17.3. The second-order valence-corrected chi connectivity index (χ2v) is 3.46. The van der Waals surface area contributed by atoms with Gasteiger partial charge in [0.15, 0.2) is 0 Å². The Morgan fingerprint density at radius 3 is 2.81 bits per heavy atom. The maximum absolute atomic E-state index is 10.8. The highest BCUT2D eigenvalue weighted by Gasteiger charge is 2.13. The number of anilines is 1. The zero-order chi connectivity index (χ0) is 11.7. The van der Waals surface area contributed by atoms with Crippen molar-refractivity contribution < 1.29 is 4.92 Å². The molecule has 0 aliphatic heterocycles. The van der Waals surface area contributed by atoms with E-state index in [1.807, 2.05) is 0 Å². The molecular weight excluding hydrogens is 208 g/mol. The highest BCUT2D eigenvalue weighted by atomic mass is 16.6. The Morgan fingerprint density at radius 2 is 2.25 bits per heavy atom. The number of hydrogen-bond acceptors (Lipinski definition) is 4. The van der Waals surface area contributed by atoms with Crippen LogP contribution in [0.2, 0.25) is 0 Å². The van der Waals surface area contributed by atoms with Crippen LogP contribution in [0.15, 0.2) is 24.4 Å². The van der Waals surface area contributed by atoms with E-state index >= 15 is 0 Å². The predicted octanol–water partition coefficient (Wildman–Crippen LogP) is 1.88. The Morgan fingerprint density at radius 1 is 1.50 bits per heavy atom. The lowest BCUT2D eigenvalue weighted by atomic mass is 10.1. The van der Waals surface area contributed by atoms with Gasteiger partial charge < -0.3 is 5.73 Å². The molecule has 6 nitrogen and oxygen atoms in total. The molecule has 1 aromatic carbocycles. The van der Waals surface area contributed by atoms with Crippen molar-refractivity contribution in [2.24, 2.45) is 0 Å². The van der Waals surface area contributed by atoms with Gasteiger partial charge in [0.05, 0.1) is 22.5 Å². The van der Waals surface area contributed by atoms with E-state index < -0.39 is 4.92 Å². The third kappa shape index (κ3) is 1.60. The number of H-pyrrole nitrogens is 1. The molecule has 2 rings (SSSR count). The van der Waals surface area contributed by atoms with Gasteiger partial charge in [0.1, 0.15) is 0 Å². The third-order valence-corrected chi connectivity index (χ3v) is 2.36. The summed E-state index contributed by atoms with van der Waals surface area (Å²) in [5.41, 5.74) is 8.10. The van der Waals surface area contributed by atoms with E-state index in [1.165, 1.54) is 12.3 Å². The van der Waals surface area contributed by atoms with Gasteiger partial charge in [-0.2, -0.15) is 5.10 Å². The lowest BCUT2D eigenvalue weighted by molar-refractivity contribution is -0.385. The summed E-state index contributed by atoms with van der Waals surface area (Å²) in [5.74, 6) is 0. The second kappa shape index (κ2) is 3.65. The fourth-order valence-corrected chi connectivity index (χ4v) is 1.49. The summed E-state index contributed by atoms with van der Waals surface area (Å²) in [6.07, 6.45) is 1.47. The number of benzene rings is 1. The summed E-state index contributed by atoms with van der Waals surface area (Å²) in [6.45, 7) is 1.69. The summed E-state index contributed by atoms with van der Waals surface area (Å²) < 4.78 is 0. The Bertz CT molecular complexity index is 548.